The van der Waals surface area contributed by atoms with Crippen LogP contribution in [0.1, 0.15) is 22.7 Å². The van der Waals surface area contributed by atoms with Gasteiger partial charge < -0.3 is 5.73 Å². The number of aryl methyl sites for hydroxylation is 1. The summed E-state index contributed by atoms with van der Waals surface area (Å²) in [4.78, 5) is 0. The second-order valence-corrected chi connectivity index (χ2v) is 4.86. The number of hydrogen-bond acceptors (Lipinski definition) is 1. The van der Waals surface area contributed by atoms with E-state index in [-0.39, 0.29) is 6.04 Å². The van der Waals surface area contributed by atoms with E-state index in [0.29, 0.717) is 0 Å². The lowest BCUT2D eigenvalue weighted by molar-refractivity contribution is 0.870. The average molecular weight is 276 g/mol. The predicted molar refractivity (Wildman–Crippen MR) is 71.4 cm³/mol. The van der Waals surface area contributed by atoms with Gasteiger partial charge in [-0.3, -0.25) is 0 Å². The Labute approximate surface area is 104 Å². The van der Waals surface area contributed by atoms with Crippen molar-refractivity contribution in [2.75, 3.05) is 0 Å². The van der Waals surface area contributed by atoms with E-state index < -0.39 is 0 Å². The molecule has 0 aliphatic heterocycles. The van der Waals surface area contributed by atoms with E-state index in [1.165, 1.54) is 5.56 Å². The molecule has 0 heterocycles. The van der Waals surface area contributed by atoms with Gasteiger partial charge in [-0.2, -0.15) is 0 Å². The molecule has 2 aromatic carbocycles. The number of rotatable bonds is 2. The van der Waals surface area contributed by atoms with E-state index in [4.69, 9.17) is 5.73 Å². The Bertz CT molecular complexity index is 476. The predicted octanol–water partition coefficient (Wildman–Crippen LogP) is 3.81. The molecule has 16 heavy (non-hydrogen) atoms. The van der Waals surface area contributed by atoms with Crippen molar-refractivity contribution in [3.63, 3.8) is 0 Å². The molecule has 0 amide bonds. The minimum absolute atomic E-state index is 0.0573. The Balaban J connectivity index is 2.31. The maximum atomic E-state index is 6.21. The Morgan fingerprint density at radius 1 is 1.00 bits per heavy atom. The maximum Gasteiger partial charge on any atom is 0.0552 e. The van der Waals surface area contributed by atoms with Gasteiger partial charge in [0.1, 0.15) is 0 Å². The first-order valence-electron chi connectivity index (χ1n) is 5.24. The van der Waals surface area contributed by atoms with Gasteiger partial charge in [-0.1, -0.05) is 57.9 Å². The standard InChI is InChI=1S/C14H14BrN/c1-10-5-7-11(8-6-10)14(16)12-3-2-4-13(15)9-12/h2-9,14H,16H2,1H3. The van der Waals surface area contributed by atoms with Crippen molar-refractivity contribution in [2.45, 2.75) is 13.0 Å². The van der Waals surface area contributed by atoms with Gasteiger partial charge in [-0.25, -0.2) is 0 Å². The van der Waals surface area contributed by atoms with Crippen LogP contribution >= 0.6 is 15.9 Å². The molecule has 0 bridgehead atoms. The molecule has 0 aliphatic rings. The summed E-state index contributed by atoms with van der Waals surface area (Å²) < 4.78 is 1.06. The number of hydrogen-bond donors (Lipinski definition) is 1. The molecule has 0 spiro atoms. The third kappa shape index (κ3) is 2.52. The summed E-state index contributed by atoms with van der Waals surface area (Å²) >= 11 is 3.46. The molecule has 82 valence electrons. The van der Waals surface area contributed by atoms with Crippen molar-refractivity contribution in [2.24, 2.45) is 5.73 Å². The number of halogens is 1. The van der Waals surface area contributed by atoms with Crippen molar-refractivity contribution in [1.82, 2.24) is 0 Å². The molecule has 0 aromatic heterocycles. The van der Waals surface area contributed by atoms with Crippen LogP contribution in [0.5, 0.6) is 0 Å². The highest BCUT2D eigenvalue weighted by molar-refractivity contribution is 9.10. The molecular formula is C14H14BrN. The highest BCUT2D eigenvalue weighted by Crippen LogP contribution is 2.22. The lowest BCUT2D eigenvalue weighted by Gasteiger charge is -2.13. The number of nitrogens with two attached hydrogens (primary N) is 1. The summed E-state index contributed by atoms with van der Waals surface area (Å²) in [5.41, 5.74) is 9.73. The second kappa shape index (κ2) is 4.81. The first kappa shape index (κ1) is 11.4. The highest BCUT2D eigenvalue weighted by atomic mass is 79.9. The zero-order chi connectivity index (χ0) is 11.5. The van der Waals surface area contributed by atoms with Crippen LogP contribution in [-0.2, 0) is 0 Å². The Morgan fingerprint density at radius 2 is 1.69 bits per heavy atom. The molecule has 1 atom stereocenters. The van der Waals surface area contributed by atoms with Gasteiger partial charge in [0, 0.05) is 4.47 Å². The van der Waals surface area contributed by atoms with Crippen LogP contribution in [0, 0.1) is 6.92 Å². The van der Waals surface area contributed by atoms with Gasteiger partial charge in [0.2, 0.25) is 0 Å². The van der Waals surface area contributed by atoms with Crippen LogP contribution in [-0.4, -0.2) is 0 Å². The highest BCUT2D eigenvalue weighted by Gasteiger charge is 2.08. The Hall–Kier alpha value is -1.12. The second-order valence-electron chi connectivity index (χ2n) is 3.94. The van der Waals surface area contributed by atoms with E-state index in [1.807, 2.05) is 12.1 Å². The molecule has 2 heteroatoms. The van der Waals surface area contributed by atoms with E-state index in [2.05, 4.69) is 59.3 Å². The molecule has 0 aliphatic carbocycles. The first-order valence-corrected chi connectivity index (χ1v) is 6.04. The smallest absolute Gasteiger partial charge is 0.0552 e. The van der Waals surface area contributed by atoms with E-state index >= 15 is 0 Å². The lowest BCUT2D eigenvalue weighted by atomic mass is 9.99. The monoisotopic (exact) mass is 275 g/mol. The Kier molecular flexibility index (Phi) is 3.42. The summed E-state index contributed by atoms with van der Waals surface area (Å²) in [6.45, 7) is 2.08. The van der Waals surface area contributed by atoms with Crippen LogP contribution in [0.4, 0.5) is 0 Å². The van der Waals surface area contributed by atoms with E-state index in [1.54, 1.807) is 0 Å². The van der Waals surface area contributed by atoms with Crippen molar-refractivity contribution in [1.29, 1.82) is 0 Å². The summed E-state index contributed by atoms with van der Waals surface area (Å²) in [5, 5.41) is 0. The minimum Gasteiger partial charge on any atom is -0.320 e. The fourth-order valence-corrected chi connectivity index (χ4v) is 2.08. The van der Waals surface area contributed by atoms with Crippen LogP contribution in [0.2, 0.25) is 0 Å². The average Bonchev–Trinajstić information content (AvgIpc) is 2.29. The van der Waals surface area contributed by atoms with Gasteiger partial charge in [-0.05, 0) is 30.2 Å². The third-order valence-electron chi connectivity index (χ3n) is 2.64. The molecule has 1 nitrogen and oxygen atoms in total. The summed E-state index contributed by atoms with van der Waals surface area (Å²) in [5.74, 6) is 0. The van der Waals surface area contributed by atoms with Gasteiger partial charge in [0.25, 0.3) is 0 Å². The largest absolute Gasteiger partial charge is 0.320 e. The van der Waals surface area contributed by atoms with Crippen LogP contribution in [0.25, 0.3) is 0 Å². The summed E-state index contributed by atoms with van der Waals surface area (Å²) in [6, 6.07) is 16.4. The summed E-state index contributed by atoms with van der Waals surface area (Å²) in [7, 11) is 0. The van der Waals surface area contributed by atoms with Crippen molar-refractivity contribution in [3.8, 4) is 0 Å². The van der Waals surface area contributed by atoms with Crippen LogP contribution < -0.4 is 5.73 Å². The molecular weight excluding hydrogens is 262 g/mol. The van der Waals surface area contributed by atoms with Gasteiger partial charge in [0.15, 0.2) is 0 Å². The van der Waals surface area contributed by atoms with Crippen LogP contribution in [0.3, 0.4) is 0 Å². The fourth-order valence-electron chi connectivity index (χ4n) is 1.67. The molecule has 1 unspecified atom stereocenters. The molecule has 0 saturated heterocycles. The lowest BCUT2D eigenvalue weighted by Crippen LogP contribution is -2.11. The fraction of sp³-hybridized carbons (Fsp3) is 0.143. The molecule has 2 N–H and O–H groups in total. The zero-order valence-corrected chi connectivity index (χ0v) is 10.7. The SMILES string of the molecule is Cc1ccc(C(N)c2cccc(Br)c2)cc1. The Morgan fingerprint density at radius 3 is 2.31 bits per heavy atom. The normalized spacial score (nSPS) is 12.4. The van der Waals surface area contributed by atoms with Gasteiger partial charge in [0.05, 0.1) is 6.04 Å². The van der Waals surface area contributed by atoms with Crippen molar-refractivity contribution >= 4 is 15.9 Å². The number of benzene rings is 2. The van der Waals surface area contributed by atoms with E-state index in [0.717, 1.165) is 15.6 Å². The van der Waals surface area contributed by atoms with Crippen molar-refractivity contribution < 1.29 is 0 Å². The van der Waals surface area contributed by atoms with E-state index in [9.17, 15) is 0 Å². The maximum absolute atomic E-state index is 6.21. The summed E-state index contributed by atoms with van der Waals surface area (Å²) in [6.07, 6.45) is 0. The third-order valence-corrected chi connectivity index (χ3v) is 3.14. The van der Waals surface area contributed by atoms with Gasteiger partial charge in [-0.15, -0.1) is 0 Å². The zero-order valence-electron chi connectivity index (χ0n) is 9.15. The van der Waals surface area contributed by atoms with Crippen LogP contribution in [0.15, 0.2) is 53.0 Å². The first-order chi connectivity index (χ1) is 7.66. The molecule has 0 radical (unpaired) electrons. The minimum atomic E-state index is -0.0573. The molecule has 0 fully saturated rings. The van der Waals surface area contributed by atoms with Crippen molar-refractivity contribution in [3.05, 3.63) is 69.7 Å². The molecule has 2 rings (SSSR count). The molecule has 2 aromatic rings. The topological polar surface area (TPSA) is 26.0 Å². The quantitative estimate of drug-likeness (QED) is 0.887. The van der Waals surface area contributed by atoms with Gasteiger partial charge >= 0.3 is 0 Å². The molecule has 0 saturated carbocycles.